The van der Waals surface area contributed by atoms with Crippen LogP contribution in [0, 0.1) is 0 Å². The predicted octanol–water partition coefficient (Wildman–Crippen LogP) is 3.22. The largest absolute Gasteiger partial charge is 0.395 e. The Kier molecular flexibility index (Phi) is 9.42. The number of nitrogens with zero attached hydrogens (tertiary/aromatic N) is 5. The molecule has 1 fully saturated rings. The Morgan fingerprint density at radius 2 is 1.81 bits per heavy atom. The Balaban J connectivity index is 1.25. The number of β-amino-alcohol motifs (C(OH)–C–C–N with tert-alkyl or cyclic N) is 1. The Labute approximate surface area is 254 Å². The molecule has 5 rings (SSSR count). The lowest BCUT2D eigenvalue weighted by Gasteiger charge is -2.33. The molecular formula is C28H34ClN9O4S. The van der Waals surface area contributed by atoms with E-state index < -0.39 is 15.1 Å². The summed E-state index contributed by atoms with van der Waals surface area (Å²) < 4.78 is 25.7. The van der Waals surface area contributed by atoms with Crippen molar-refractivity contribution in [2.24, 2.45) is 0 Å². The van der Waals surface area contributed by atoms with Crippen LogP contribution in [-0.4, -0.2) is 101 Å². The third kappa shape index (κ3) is 7.22. The van der Waals surface area contributed by atoms with E-state index in [2.05, 4.69) is 45.9 Å². The number of fused-ring (bicyclic) bond motifs is 1. The number of amides is 1. The van der Waals surface area contributed by atoms with Gasteiger partial charge in [-0.1, -0.05) is 23.7 Å². The first-order valence-corrected chi connectivity index (χ1v) is 15.8. The van der Waals surface area contributed by atoms with Gasteiger partial charge >= 0.3 is 0 Å². The second-order valence-corrected chi connectivity index (χ2v) is 13.3. The Hall–Kier alpha value is -3.82. The number of aromatic nitrogens is 4. The number of benzene rings is 2. The molecule has 1 aliphatic heterocycles. The highest BCUT2D eigenvalue weighted by atomic mass is 35.5. The molecule has 0 radical (unpaired) electrons. The van der Waals surface area contributed by atoms with Crippen molar-refractivity contribution in [2.45, 2.75) is 24.0 Å². The number of aliphatic hydroxyl groups excluding tert-OH is 1. The molecule has 0 unspecified atom stereocenters. The highest BCUT2D eigenvalue weighted by Crippen LogP contribution is 2.31. The number of sulfone groups is 1. The van der Waals surface area contributed by atoms with Crippen molar-refractivity contribution in [3.8, 4) is 0 Å². The highest BCUT2D eigenvalue weighted by Gasteiger charge is 2.23. The number of carbonyl (C=O) groups excluding carboxylic acids is 1. The first-order chi connectivity index (χ1) is 20.6. The van der Waals surface area contributed by atoms with Crippen LogP contribution in [0.25, 0.3) is 10.9 Å². The van der Waals surface area contributed by atoms with Crippen LogP contribution in [0.4, 0.5) is 29.0 Å². The average molecular weight is 628 g/mol. The van der Waals surface area contributed by atoms with Crippen LogP contribution in [0.5, 0.6) is 0 Å². The zero-order chi connectivity index (χ0) is 30.6. The van der Waals surface area contributed by atoms with Gasteiger partial charge in [-0.25, -0.2) is 13.4 Å². The molecule has 2 aromatic carbocycles. The van der Waals surface area contributed by atoms with E-state index >= 15 is 0 Å². The molecule has 15 heteroatoms. The van der Waals surface area contributed by atoms with Crippen molar-refractivity contribution in [3.63, 3.8) is 0 Å². The summed E-state index contributed by atoms with van der Waals surface area (Å²) in [5, 5.41) is 25.8. The SMILES string of the molecule is CC(C)S(=O)(=O)c1ccccc1Nc1nc(Nc2ccc3c(NC(=O)CN4CCN(CCO)CC4)n[nH]c3c2)ncc1Cl. The molecule has 1 amide bonds. The summed E-state index contributed by atoms with van der Waals surface area (Å²) in [6, 6.07) is 12.0. The van der Waals surface area contributed by atoms with Crippen LogP contribution in [0.2, 0.25) is 5.02 Å². The van der Waals surface area contributed by atoms with Gasteiger partial charge in [0.15, 0.2) is 21.5 Å². The van der Waals surface area contributed by atoms with Crippen LogP contribution >= 0.6 is 11.6 Å². The number of halogens is 1. The lowest BCUT2D eigenvalue weighted by Crippen LogP contribution is -2.49. The standard InChI is InChI=1S/C28H34ClN9O4S/c1-18(2)43(41,42)24-6-4-3-5-22(24)32-27-21(29)16-30-28(34-27)31-19-7-8-20-23(15-19)35-36-26(20)33-25(40)17-38-11-9-37(10-12-38)13-14-39/h3-8,15-16,18,39H,9-14,17H2,1-2H3,(H2,30,31,32,34)(H2,33,35,36,40). The Bertz CT molecular complexity index is 1710. The van der Waals surface area contributed by atoms with Gasteiger partial charge in [0, 0.05) is 43.8 Å². The summed E-state index contributed by atoms with van der Waals surface area (Å²) in [7, 11) is -3.55. The second kappa shape index (κ2) is 13.2. The molecule has 0 aliphatic carbocycles. The molecule has 0 atom stereocenters. The fourth-order valence-corrected chi connectivity index (χ4v) is 6.06. The number of rotatable bonds is 11. The van der Waals surface area contributed by atoms with Gasteiger partial charge in [0.2, 0.25) is 11.9 Å². The topological polar surface area (TPSA) is 168 Å². The van der Waals surface area contributed by atoms with Gasteiger partial charge in [-0.2, -0.15) is 10.1 Å². The lowest BCUT2D eigenvalue weighted by molar-refractivity contribution is -0.117. The van der Waals surface area contributed by atoms with Crippen LogP contribution in [0.1, 0.15) is 13.8 Å². The lowest BCUT2D eigenvalue weighted by atomic mass is 10.2. The number of carbonyl (C=O) groups is 1. The maximum Gasteiger partial charge on any atom is 0.239 e. The molecule has 0 spiro atoms. The molecule has 0 saturated carbocycles. The van der Waals surface area contributed by atoms with E-state index in [0.717, 1.165) is 31.6 Å². The maximum atomic E-state index is 12.9. The number of piperazine rings is 1. The summed E-state index contributed by atoms with van der Waals surface area (Å²) in [6.07, 6.45) is 1.42. The quantitative estimate of drug-likeness (QED) is 0.165. The first kappa shape index (κ1) is 30.6. The fraction of sp³-hybridized carbons (Fsp3) is 0.357. The number of nitrogens with one attached hydrogen (secondary N) is 4. The van der Waals surface area contributed by atoms with Gasteiger partial charge in [0.1, 0.15) is 5.02 Å². The second-order valence-electron chi connectivity index (χ2n) is 10.5. The predicted molar refractivity (Wildman–Crippen MR) is 167 cm³/mol. The van der Waals surface area contributed by atoms with Crippen LogP contribution in [-0.2, 0) is 14.6 Å². The summed E-state index contributed by atoms with van der Waals surface area (Å²) in [6.45, 7) is 7.46. The molecule has 2 aromatic heterocycles. The molecule has 3 heterocycles. The summed E-state index contributed by atoms with van der Waals surface area (Å²) >= 11 is 6.35. The van der Waals surface area contributed by atoms with E-state index in [1.807, 2.05) is 18.2 Å². The molecule has 228 valence electrons. The molecule has 5 N–H and O–H groups in total. The van der Waals surface area contributed by atoms with Crippen molar-refractivity contribution >= 4 is 67.2 Å². The third-order valence-electron chi connectivity index (χ3n) is 7.14. The molecular weight excluding hydrogens is 594 g/mol. The molecule has 4 aromatic rings. The van der Waals surface area contributed by atoms with E-state index in [4.69, 9.17) is 16.7 Å². The zero-order valence-corrected chi connectivity index (χ0v) is 25.4. The van der Waals surface area contributed by atoms with Crippen molar-refractivity contribution in [1.82, 2.24) is 30.0 Å². The Morgan fingerprint density at radius 1 is 1.07 bits per heavy atom. The smallest absolute Gasteiger partial charge is 0.239 e. The van der Waals surface area contributed by atoms with Crippen LogP contribution in [0.15, 0.2) is 53.6 Å². The first-order valence-electron chi connectivity index (χ1n) is 13.9. The number of aliphatic hydroxyl groups is 1. The normalized spacial score (nSPS) is 14.7. The molecule has 1 saturated heterocycles. The molecule has 1 aliphatic rings. The van der Waals surface area contributed by atoms with Crippen molar-refractivity contribution in [2.75, 3.05) is 61.8 Å². The summed E-state index contributed by atoms with van der Waals surface area (Å²) in [5.74, 6) is 0.772. The van der Waals surface area contributed by atoms with Crippen molar-refractivity contribution in [3.05, 3.63) is 53.7 Å². The third-order valence-corrected chi connectivity index (χ3v) is 9.62. The minimum Gasteiger partial charge on any atom is -0.395 e. The van der Waals surface area contributed by atoms with Crippen LogP contribution in [0.3, 0.4) is 0 Å². The van der Waals surface area contributed by atoms with E-state index in [1.54, 1.807) is 38.1 Å². The monoisotopic (exact) mass is 627 g/mol. The van der Waals surface area contributed by atoms with E-state index in [9.17, 15) is 13.2 Å². The zero-order valence-electron chi connectivity index (χ0n) is 23.8. The number of anilines is 5. The van der Waals surface area contributed by atoms with Gasteiger partial charge in [0.25, 0.3) is 0 Å². The maximum absolute atomic E-state index is 12.9. The molecule has 0 bridgehead atoms. The van der Waals surface area contributed by atoms with Gasteiger partial charge < -0.3 is 21.1 Å². The number of para-hydroxylation sites is 1. The fourth-order valence-electron chi connectivity index (χ4n) is 4.72. The Morgan fingerprint density at radius 3 is 2.56 bits per heavy atom. The summed E-state index contributed by atoms with van der Waals surface area (Å²) in [5.41, 5.74) is 1.71. The number of hydrogen-bond donors (Lipinski definition) is 5. The van der Waals surface area contributed by atoms with Crippen molar-refractivity contribution in [1.29, 1.82) is 0 Å². The van der Waals surface area contributed by atoms with Crippen LogP contribution < -0.4 is 16.0 Å². The molecule has 13 nitrogen and oxygen atoms in total. The number of hydrogen-bond acceptors (Lipinski definition) is 11. The average Bonchev–Trinajstić information content (AvgIpc) is 3.37. The minimum absolute atomic E-state index is 0.136. The number of aromatic amines is 1. The van der Waals surface area contributed by atoms with Gasteiger partial charge in [-0.05, 0) is 44.2 Å². The number of H-pyrrole nitrogens is 1. The van der Waals surface area contributed by atoms with E-state index in [1.165, 1.54) is 6.20 Å². The van der Waals surface area contributed by atoms with Gasteiger partial charge in [0.05, 0.1) is 40.7 Å². The van der Waals surface area contributed by atoms with Gasteiger partial charge in [-0.15, -0.1) is 0 Å². The van der Waals surface area contributed by atoms with Gasteiger partial charge in [-0.3, -0.25) is 19.7 Å². The highest BCUT2D eigenvalue weighted by molar-refractivity contribution is 7.92. The van der Waals surface area contributed by atoms with Crippen molar-refractivity contribution < 1.29 is 18.3 Å². The van der Waals surface area contributed by atoms with E-state index in [0.29, 0.717) is 29.3 Å². The minimum atomic E-state index is -3.55. The summed E-state index contributed by atoms with van der Waals surface area (Å²) in [4.78, 5) is 25.8. The molecule has 43 heavy (non-hydrogen) atoms. The van der Waals surface area contributed by atoms with E-state index in [-0.39, 0.29) is 40.7 Å².